The van der Waals surface area contributed by atoms with Gasteiger partial charge in [-0.1, -0.05) is 18.9 Å². The molecule has 0 aromatic carbocycles. The van der Waals surface area contributed by atoms with E-state index in [0.29, 0.717) is 18.9 Å². The summed E-state index contributed by atoms with van der Waals surface area (Å²) in [6.07, 6.45) is 4.08. The molecule has 1 aromatic heterocycles. The first-order valence-electron chi connectivity index (χ1n) is 6.29. The molecule has 100 valence electrons. The maximum atomic E-state index is 12.2. The summed E-state index contributed by atoms with van der Waals surface area (Å²) in [5, 5.41) is 0. The molecule has 18 heavy (non-hydrogen) atoms. The van der Waals surface area contributed by atoms with Crippen LogP contribution in [0.25, 0.3) is 0 Å². The van der Waals surface area contributed by atoms with Gasteiger partial charge in [-0.3, -0.25) is 4.72 Å². The molecule has 1 fully saturated rings. The van der Waals surface area contributed by atoms with Crippen LogP contribution in [0.2, 0.25) is 0 Å². The molecule has 0 atom stereocenters. The monoisotopic (exact) mass is 269 g/mol. The third-order valence-electron chi connectivity index (χ3n) is 3.03. The van der Waals surface area contributed by atoms with E-state index in [1.807, 2.05) is 13.0 Å². The SMILES string of the molecule is Cc1cccc(NS(=O)(=O)N2CCCCCC2)n1. The Morgan fingerprint density at radius 1 is 1.17 bits per heavy atom. The van der Waals surface area contributed by atoms with Crippen LogP contribution in [0.5, 0.6) is 0 Å². The molecule has 6 heteroatoms. The van der Waals surface area contributed by atoms with Crippen LogP contribution in [-0.4, -0.2) is 30.8 Å². The van der Waals surface area contributed by atoms with Crippen LogP contribution < -0.4 is 4.72 Å². The number of nitrogens with one attached hydrogen (secondary N) is 1. The molecule has 0 saturated carbocycles. The van der Waals surface area contributed by atoms with Gasteiger partial charge in [-0.05, 0) is 31.9 Å². The predicted octanol–water partition coefficient (Wildman–Crippen LogP) is 1.92. The van der Waals surface area contributed by atoms with Crippen LogP contribution >= 0.6 is 0 Å². The average molecular weight is 269 g/mol. The zero-order valence-corrected chi connectivity index (χ0v) is 11.4. The van der Waals surface area contributed by atoms with Gasteiger partial charge in [0.1, 0.15) is 5.82 Å². The molecule has 0 amide bonds. The lowest BCUT2D eigenvalue weighted by atomic mass is 10.2. The maximum Gasteiger partial charge on any atom is 0.302 e. The molecule has 1 aliphatic heterocycles. The molecular weight excluding hydrogens is 250 g/mol. The molecule has 0 spiro atoms. The van der Waals surface area contributed by atoms with Gasteiger partial charge in [-0.25, -0.2) is 4.98 Å². The summed E-state index contributed by atoms with van der Waals surface area (Å²) in [5.41, 5.74) is 0.797. The topological polar surface area (TPSA) is 62.3 Å². The molecule has 2 heterocycles. The van der Waals surface area contributed by atoms with Crippen LogP contribution in [0.1, 0.15) is 31.4 Å². The van der Waals surface area contributed by atoms with Gasteiger partial charge in [-0.15, -0.1) is 0 Å². The van der Waals surface area contributed by atoms with Gasteiger partial charge in [0.25, 0.3) is 0 Å². The van der Waals surface area contributed by atoms with E-state index in [0.717, 1.165) is 31.4 Å². The molecule has 0 radical (unpaired) electrons. The normalized spacial score (nSPS) is 18.3. The van der Waals surface area contributed by atoms with Gasteiger partial charge in [0.2, 0.25) is 0 Å². The number of pyridine rings is 1. The standard InChI is InChI=1S/C12H19N3O2S/c1-11-7-6-8-12(13-11)14-18(16,17)15-9-4-2-3-5-10-15/h6-8H,2-5,9-10H2,1H3,(H,13,14). The summed E-state index contributed by atoms with van der Waals surface area (Å²) in [4.78, 5) is 4.16. The van der Waals surface area contributed by atoms with Gasteiger partial charge < -0.3 is 0 Å². The largest absolute Gasteiger partial charge is 0.302 e. The van der Waals surface area contributed by atoms with Crippen molar-refractivity contribution in [3.63, 3.8) is 0 Å². The van der Waals surface area contributed by atoms with Crippen LogP contribution in [0.15, 0.2) is 18.2 Å². The second kappa shape index (κ2) is 5.67. The Morgan fingerprint density at radius 3 is 2.44 bits per heavy atom. The zero-order chi connectivity index (χ0) is 13.0. The minimum Gasteiger partial charge on any atom is -0.254 e. The van der Waals surface area contributed by atoms with Crippen molar-refractivity contribution in [1.29, 1.82) is 0 Å². The number of hydrogen-bond donors (Lipinski definition) is 1. The van der Waals surface area contributed by atoms with Crippen molar-refractivity contribution in [3.8, 4) is 0 Å². The first kappa shape index (κ1) is 13.3. The summed E-state index contributed by atoms with van der Waals surface area (Å²) in [7, 11) is -3.46. The van der Waals surface area contributed by atoms with Crippen molar-refractivity contribution in [1.82, 2.24) is 9.29 Å². The molecular formula is C12H19N3O2S. The third kappa shape index (κ3) is 3.43. The van der Waals surface area contributed by atoms with Crippen molar-refractivity contribution in [2.45, 2.75) is 32.6 Å². The first-order valence-corrected chi connectivity index (χ1v) is 7.73. The molecule has 1 aliphatic rings. The van der Waals surface area contributed by atoms with E-state index in [1.54, 1.807) is 12.1 Å². The van der Waals surface area contributed by atoms with Gasteiger partial charge >= 0.3 is 10.2 Å². The second-order valence-electron chi connectivity index (χ2n) is 4.58. The fourth-order valence-electron chi connectivity index (χ4n) is 2.08. The summed E-state index contributed by atoms with van der Waals surface area (Å²) in [5.74, 6) is 0.388. The lowest BCUT2D eigenvalue weighted by Crippen LogP contribution is -2.36. The molecule has 1 aromatic rings. The predicted molar refractivity (Wildman–Crippen MR) is 71.6 cm³/mol. The van der Waals surface area contributed by atoms with E-state index in [4.69, 9.17) is 0 Å². The van der Waals surface area contributed by atoms with E-state index < -0.39 is 10.2 Å². The van der Waals surface area contributed by atoms with Gasteiger partial charge in [-0.2, -0.15) is 12.7 Å². The highest BCUT2D eigenvalue weighted by Crippen LogP contribution is 2.15. The molecule has 2 rings (SSSR count). The maximum absolute atomic E-state index is 12.2. The van der Waals surface area contributed by atoms with Crippen molar-refractivity contribution in [2.75, 3.05) is 17.8 Å². The Labute approximate surface area is 108 Å². The Bertz CT molecular complexity index is 494. The lowest BCUT2D eigenvalue weighted by Gasteiger charge is -2.20. The van der Waals surface area contributed by atoms with Gasteiger partial charge in [0.05, 0.1) is 0 Å². The first-order chi connectivity index (χ1) is 8.58. The van der Waals surface area contributed by atoms with Crippen LogP contribution in [0.4, 0.5) is 5.82 Å². The minimum atomic E-state index is -3.46. The number of hydrogen-bond acceptors (Lipinski definition) is 3. The number of nitrogens with zero attached hydrogens (tertiary/aromatic N) is 2. The molecule has 0 unspecified atom stereocenters. The molecule has 1 saturated heterocycles. The van der Waals surface area contributed by atoms with E-state index in [9.17, 15) is 8.42 Å². The van der Waals surface area contributed by atoms with E-state index in [2.05, 4.69) is 9.71 Å². The van der Waals surface area contributed by atoms with E-state index >= 15 is 0 Å². The quantitative estimate of drug-likeness (QED) is 0.912. The summed E-state index contributed by atoms with van der Waals surface area (Å²) in [6.45, 7) is 3.03. The Balaban J connectivity index is 2.10. The average Bonchev–Trinajstić information content (AvgIpc) is 2.57. The Kier molecular flexibility index (Phi) is 4.19. The lowest BCUT2D eigenvalue weighted by molar-refractivity contribution is 0.427. The Hall–Kier alpha value is -1.14. The zero-order valence-electron chi connectivity index (χ0n) is 10.6. The van der Waals surface area contributed by atoms with Crippen molar-refractivity contribution >= 4 is 16.0 Å². The second-order valence-corrected chi connectivity index (χ2v) is 6.26. The summed E-state index contributed by atoms with van der Waals surface area (Å²) in [6, 6.07) is 5.30. The number of aryl methyl sites for hydroxylation is 1. The molecule has 0 bridgehead atoms. The van der Waals surface area contributed by atoms with Crippen LogP contribution in [0, 0.1) is 6.92 Å². The summed E-state index contributed by atoms with van der Waals surface area (Å²) < 4.78 is 28.4. The Morgan fingerprint density at radius 2 is 1.83 bits per heavy atom. The van der Waals surface area contributed by atoms with Gasteiger partial charge in [0, 0.05) is 18.8 Å². The van der Waals surface area contributed by atoms with Gasteiger partial charge in [0.15, 0.2) is 0 Å². The number of rotatable bonds is 3. The fraction of sp³-hybridized carbons (Fsp3) is 0.583. The van der Waals surface area contributed by atoms with Crippen LogP contribution in [0.3, 0.4) is 0 Å². The van der Waals surface area contributed by atoms with E-state index in [1.165, 1.54) is 4.31 Å². The highest BCUT2D eigenvalue weighted by Gasteiger charge is 2.23. The van der Waals surface area contributed by atoms with Crippen molar-refractivity contribution < 1.29 is 8.42 Å². The number of aromatic nitrogens is 1. The van der Waals surface area contributed by atoms with E-state index in [-0.39, 0.29) is 0 Å². The molecule has 1 N–H and O–H groups in total. The van der Waals surface area contributed by atoms with Crippen LogP contribution in [-0.2, 0) is 10.2 Å². The highest BCUT2D eigenvalue weighted by molar-refractivity contribution is 7.90. The number of anilines is 1. The smallest absolute Gasteiger partial charge is 0.254 e. The van der Waals surface area contributed by atoms with Crippen molar-refractivity contribution in [2.24, 2.45) is 0 Å². The molecule has 0 aliphatic carbocycles. The minimum absolute atomic E-state index is 0.388. The highest BCUT2D eigenvalue weighted by atomic mass is 32.2. The molecule has 5 nitrogen and oxygen atoms in total. The van der Waals surface area contributed by atoms with Crippen molar-refractivity contribution in [3.05, 3.63) is 23.9 Å². The third-order valence-corrected chi connectivity index (χ3v) is 4.54. The summed E-state index contributed by atoms with van der Waals surface area (Å²) >= 11 is 0. The fourth-order valence-corrected chi connectivity index (χ4v) is 3.32.